The van der Waals surface area contributed by atoms with Crippen LogP contribution in [0.2, 0.25) is 0 Å². The third-order valence-electron chi connectivity index (χ3n) is 3.49. The van der Waals surface area contributed by atoms with Crippen molar-refractivity contribution in [1.82, 2.24) is 14.8 Å². The lowest BCUT2D eigenvalue weighted by Crippen LogP contribution is -2.14. The molecule has 1 aliphatic rings. The fourth-order valence-electron chi connectivity index (χ4n) is 2.37. The molecule has 5 heteroatoms. The smallest absolute Gasteiger partial charge is 0.170 e. The molecule has 19 heavy (non-hydrogen) atoms. The molecular weight excluding hydrogens is 240 g/mol. The Labute approximate surface area is 111 Å². The summed E-state index contributed by atoms with van der Waals surface area (Å²) in [6.45, 7) is 1.01. The van der Waals surface area contributed by atoms with E-state index in [9.17, 15) is 4.79 Å². The molecule has 3 rings (SSSR count). The van der Waals surface area contributed by atoms with Gasteiger partial charge in [-0.2, -0.15) is 5.10 Å². The summed E-state index contributed by atoms with van der Waals surface area (Å²) in [7, 11) is 1.80. The van der Waals surface area contributed by atoms with Gasteiger partial charge >= 0.3 is 0 Å². The zero-order valence-corrected chi connectivity index (χ0v) is 10.9. The molecule has 98 valence electrons. The normalized spacial score (nSPS) is 13.7. The van der Waals surface area contributed by atoms with Crippen LogP contribution < -0.4 is 5.32 Å². The van der Waals surface area contributed by atoms with Gasteiger partial charge in [-0.05, 0) is 36.6 Å². The Bertz CT molecular complexity index is 618. The molecule has 0 atom stereocenters. The minimum atomic E-state index is 0.0875. The number of aryl methyl sites for hydroxylation is 2. The SMILES string of the molecule is Cn1ncnc1CC(=O)c1ccc2c(c1)CCCN2. The van der Waals surface area contributed by atoms with E-state index >= 15 is 0 Å². The lowest BCUT2D eigenvalue weighted by molar-refractivity contribution is 0.0989. The van der Waals surface area contributed by atoms with Crippen LogP contribution in [0.1, 0.15) is 28.2 Å². The number of rotatable bonds is 3. The molecule has 0 saturated carbocycles. The molecule has 1 aromatic heterocycles. The maximum Gasteiger partial charge on any atom is 0.170 e. The van der Waals surface area contributed by atoms with E-state index in [1.165, 1.54) is 11.9 Å². The Morgan fingerprint density at radius 3 is 3.16 bits per heavy atom. The van der Waals surface area contributed by atoms with Crippen LogP contribution in [0.5, 0.6) is 0 Å². The highest BCUT2D eigenvalue weighted by Gasteiger charge is 2.14. The summed E-state index contributed by atoms with van der Waals surface area (Å²) in [5.74, 6) is 0.783. The standard InChI is InChI=1S/C14H16N4O/c1-18-14(16-9-17-18)8-13(19)11-4-5-12-10(7-11)3-2-6-15-12/h4-5,7,9,15H,2-3,6,8H2,1H3. The molecule has 0 fully saturated rings. The predicted molar refractivity (Wildman–Crippen MR) is 72.3 cm³/mol. The molecule has 0 unspecified atom stereocenters. The second-order valence-electron chi connectivity index (χ2n) is 4.80. The summed E-state index contributed by atoms with van der Waals surface area (Å²) in [5.41, 5.74) is 3.14. The Hall–Kier alpha value is -2.17. The number of Topliss-reactive ketones (excluding diaryl/α,β-unsaturated/α-hetero) is 1. The highest BCUT2D eigenvalue weighted by atomic mass is 16.1. The van der Waals surface area contributed by atoms with Gasteiger partial charge in [0.25, 0.3) is 0 Å². The van der Waals surface area contributed by atoms with Gasteiger partial charge in [0, 0.05) is 24.8 Å². The van der Waals surface area contributed by atoms with Crippen molar-refractivity contribution in [3.05, 3.63) is 41.5 Å². The quantitative estimate of drug-likeness (QED) is 0.847. The van der Waals surface area contributed by atoms with Crippen molar-refractivity contribution >= 4 is 11.5 Å². The van der Waals surface area contributed by atoms with Crippen molar-refractivity contribution in [2.24, 2.45) is 7.05 Å². The van der Waals surface area contributed by atoms with E-state index in [1.54, 1.807) is 11.7 Å². The Morgan fingerprint density at radius 2 is 2.37 bits per heavy atom. The van der Waals surface area contributed by atoms with Gasteiger partial charge in [-0.15, -0.1) is 0 Å². The van der Waals surface area contributed by atoms with Crippen LogP contribution >= 0.6 is 0 Å². The second-order valence-corrected chi connectivity index (χ2v) is 4.80. The number of benzene rings is 1. The molecule has 0 aliphatic carbocycles. The fraction of sp³-hybridized carbons (Fsp3) is 0.357. The Balaban J connectivity index is 1.82. The third kappa shape index (κ3) is 2.36. The Kier molecular flexibility index (Phi) is 3.03. The number of nitrogens with one attached hydrogen (secondary N) is 1. The maximum absolute atomic E-state index is 12.2. The number of hydrogen-bond donors (Lipinski definition) is 1. The van der Waals surface area contributed by atoms with Crippen LogP contribution in [0, 0.1) is 0 Å². The van der Waals surface area contributed by atoms with E-state index in [0.29, 0.717) is 12.2 Å². The first kappa shape index (κ1) is 11.9. The van der Waals surface area contributed by atoms with Gasteiger partial charge in [0.05, 0.1) is 6.42 Å². The molecule has 0 radical (unpaired) electrons. The van der Waals surface area contributed by atoms with E-state index < -0.39 is 0 Å². The zero-order valence-electron chi connectivity index (χ0n) is 10.9. The minimum Gasteiger partial charge on any atom is -0.385 e. The summed E-state index contributed by atoms with van der Waals surface area (Å²) in [6, 6.07) is 5.88. The minimum absolute atomic E-state index is 0.0875. The maximum atomic E-state index is 12.2. The van der Waals surface area contributed by atoms with Crippen LogP contribution in [0.15, 0.2) is 24.5 Å². The number of ketones is 1. The van der Waals surface area contributed by atoms with Crippen LogP contribution in [-0.4, -0.2) is 27.1 Å². The summed E-state index contributed by atoms with van der Waals surface area (Å²) in [6.07, 6.45) is 3.92. The van der Waals surface area contributed by atoms with Crippen LogP contribution in [0.25, 0.3) is 0 Å². The molecule has 0 bridgehead atoms. The van der Waals surface area contributed by atoms with E-state index in [2.05, 4.69) is 15.4 Å². The monoisotopic (exact) mass is 256 g/mol. The lowest BCUT2D eigenvalue weighted by Gasteiger charge is -2.18. The molecule has 1 aromatic carbocycles. The van der Waals surface area contributed by atoms with Gasteiger partial charge in [0.2, 0.25) is 0 Å². The van der Waals surface area contributed by atoms with E-state index in [1.807, 2.05) is 18.2 Å². The summed E-state index contributed by atoms with van der Waals surface area (Å²) in [4.78, 5) is 16.3. The first-order valence-electron chi connectivity index (χ1n) is 6.47. The first-order valence-corrected chi connectivity index (χ1v) is 6.47. The van der Waals surface area contributed by atoms with Crippen molar-refractivity contribution in [2.45, 2.75) is 19.3 Å². The van der Waals surface area contributed by atoms with Gasteiger partial charge in [-0.25, -0.2) is 4.98 Å². The number of aromatic nitrogens is 3. The average Bonchev–Trinajstić information content (AvgIpc) is 2.84. The summed E-state index contributed by atoms with van der Waals surface area (Å²) >= 11 is 0. The predicted octanol–water partition coefficient (Wildman–Crippen LogP) is 1.60. The highest BCUT2D eigenvalue weighted by Crippen LogP contribution is 2.23. The van der Waals surface area contributed by atoms with E-state index in [0.717, 1.165) is 30.6 Å². The van der Waals surface area contributed by atoms with E-state index in [4.69, 9.17) is 0 Å². The molecule has 1 N–H and O–H groups in total. The zero-order chi connectivity index (χ0) is 13.2. The van der Waals surface area contributed by atoms with Crippen LogP contribution in [0.4, 0.5) is 5.69 Å². The van der Waals surface area contributed by atoms with Crippen LogP contribution in [-0.2, 0) is 19.9 Å². The highest BCUT2D eigenvalue weighted by molar-refractivity contribution is 5.97. The van der Waals surface area contributed by atoms with Crippen molar-refractivity contribution in [3.8, 4) is 0 Å². The molecule has 2 aromatic rings. The summed E-state index contributed by atoms with van der Waals surface area (Å²) < 4.78 is 1.64. The fourth-order valence-corrected chi connectivity index (χ4v) is 2.37. The molecule has 0 saturated heterocycles. The largest absolute Gasteiger partial charge is 0.385 e. The second kappa shape index (κ2) is 4.84. The third-order valence-corrected chi connectivity index (χ3v) is 3.49. The molecule has 0 amide bonds. The van der Waals surface area contributed by atoms with E-state index in [-0.39, 0.29) is 5.78 Å². The molecule has 0 spiro atoms. The van der Waals surface area contributed by atoms with Crippen molar-refractivity contribution in [3.63, 3.8) is 0 Å². The van der Waals surface area contributed by atoms with Crippen molar-refractivity contribution in [2.75, 3.05) is 11.9 Å². The molecule has 2 heterocycles. The number of anilines is 1. The molecule has 1 aliphatic heterocycles. The van der Waals surface area contributed by atoms with Gasteiger partial charge < -0.3 is 5.32 Å². The number of hydrogen-bond acceptors (Lipinski definition) is 4. The average molecular weight is 256 g/mol. The van der Waals surface area contributed by atoms with Crippen molar-refractivity contribution in [1.29, 1.82) is 0 Å². The van der Waals surface area contributed by atoms with Crippen LogP contribution in [0.3, 0.4) is 0 Å². The van der Waals surface area contributed by atoms with Gasteiger partial charge in [-0.1, -0.05) is 0 Å². The van der Waals surface area contributed by atoms with Gasteiger partial charge in [-0.3, -0.25) is 9.48 Å². The van der Waals surface area contributed by atoms with Gasteiger partial charge in [0.1, 0.15) is 12.2 Å². The number of carbonyl (C=O) groups is 1. The number of nitrogens with zero attached hydrogens (tertiary/aromatic N) is 3. The van der Waals surface area contributed by atoms with Crippen molar-refractivity contribution < 1.29 is 4.79 Å². The number of fused-ring (bicyclic) bond motifs is 1. The Morgan fingerprint density at radius 1 is 1.47 bits per heavy atom. The summed E-state index contributed by atoms with van der Waals surface area (Å²) in [5, 5.41) is 7.32. The molecule has 5 nitrogen and oxygen atoms in total. The lowest BCUT2D eigenvalue weighted by atomic mass is 9.98. The first-order chi connectivity index (χ1) is 9.24. The molecular formula is C14H16N4O. The number of carbonyl (C=O) groups excluding carboxylic acids is 1. The topological polar surface area (TPSA) is 59.8 Å². The van der Waals surface area contributed by atoms with Gasteiger partial charge in [0.15, 0.2) is 5.78 Å².